The summed E-state index contributed by atoms with van der Waals surface area (Å²) in [4.78, 5) is 12.2. The van der Waals surface area contributed by atoms with Gasteiger partial charge in [-0.15, -0.1) is 0 Å². The molecule has 0 aromatic heterocycles. The molecule has 1 aromatic rings. The summed E-state index contributed by atoms with van der Waals surface area (Å²) in [6.45, 7) is 4.31. The Morgan fingerprint density at radius 1 is 1.50 bits per heavy atom. The first-order chi connectivity index (χ1) is 11.3. The van der Waals surface area contributed by atoms with Crippen molar-refractivity contribution in [2.75, 3.05) is 6.54 Å². The number of ether oxygens (including phenoxy) is 2. The quantitative estimate of drug-likeness (QED) is 0.265. The zero-order valence-electron chi connectivity index (χ0n) is 14.2. The summed E-state index contributed by atoms with van der Waals surface area (Å²) in [5, 5.41) is 9.75. The fourth-order valence-corrected chi connectivity index (χ4v) is 2.64. The first-order valence-electron chi connectivity index (χ1n) is 8.10. The summed E-state index contributed by atoms with van der Waals surface area (Å²) in [7, 11) is 0. The Bertz CT molecular complexity index is 603. The molecule has 1 aromatic carbocycles. The highest BCUT2D eigenvalue weighted by atomic mass is 16.6. The largest absolute Gasteiger partial charge is 0.484 e. The van der Waals surface area contributed by atoms with Gasteiger partial charge in [0, 0.05) is 13.0 Å². The minimum Gasteiger partial charge on any atom is -0.484 e. The average Bonchev–Trinajstić information content (AvgIpc) is 2.51. The van der Waals surface area contributed by atoms with Gasteiger partial charge in [-0.3, -0.25) is 10.2 Å². The predicted octanol–water partition coefficient (Wildman–Crippen LogP) is 0.902. The Kier molecular flexibility index (Phi) is 5.66. The van der Waals surface area contributed by atoms with Gasteiger partial charge in [0.1, 0.15) is 23.5 Å². The highest BCUT2D eigenvalue weighted by molar-refractivity contribution is 5.76. The lowest BCUT2D eigenvalue weighted by molar-refractivity contribution is -0.163. The first kappa shape index (κ1) is 18.1. The van der Waals surface area contributed by atoms with Crippen molar-refractivity contribution >= 4 is 11.9 Å². The molecule has 0 spiro atoms. The van der Waals surface area contributed by atoms with Crippen molar-refractivity contribution in [3.8, 4) is 5.75 Å². The lowest BCUT2D eigenvalue weighted by atomic mass is 9.91. The van der Waals surface area contributed by atoms with E-state index < -0.39 is 17.6 Å². The standard InChI is InChI=1S/C17H26N4O3/c1-17(2)14(10-11-6-3-4-8-13(11)24-17)23-15(22)12(18)7-5-9-21-16(19)20/h3-4,6,8,12,14H,5,7,9-10,18H2,1-2H3,(H4,19,20,21)/t12-,14?/m0/s1. The van der Waals surface area contributed by atoms with E-state index in [0.29, 0.717) is 25.8 Å². The third-order valence-electron chi connectivity index (χ3n) is 4.09. The van der Waals surface area contributed by atoms with Crippen LogP contribution in [0.3, 0.4) is 0 Å². The molecular weight excluding hydrogens is 308 g/mol. The summed E-state index contributed by atoms with van der Waals surface area (Å²) in [6.07, 6.45) is 1.31. The van der Waals surface area contributed by atoms with Crippen molar-refractivity contribution in [1.82, 2.24) is 5.32 Å². The molecule has 7 heteroatoms. The molecule has 2 atom stereocenters. The Labute approximate surface area is 142 Å². The van der Waals surface area contributed by atoms with Crippen LogP contribution in [0.5, 0.6) is 5.75 Å². The third kappa shape index (κ3) is 4.61. The van der Waals surface area contributed by atoms with Gasteiger partial charge in [0.25, 0.3) is 0 Å². The summed E-state index contributed by atoms with van der Waals surface area (Å²) in [6, 6.07) is 7.05. The van der Waals surface area contributed by atoms with E-state index in [4.69, 9.17) is 26.4 Å². The Morgan fingerprint density at radius 3 is 2.92 bits per heavy atom. The number of rotatable bonds is 6. The molecule has 1 unspecified atom stereocenters. The van der Waals surface area contributed by atoms with Gasteiger partial charge < -0.3 is 26.3 Å². The van der Waals surface area contributed by atoms with Crippen LogP contribution in [0.2, 0.25) is 0 Å². The number of nitrogens with two attached hydrogens (primary N) is 2. The number of fused-ring (bicyclic) bond motifs is 1. The van der Waals surface area contributed by atoms with Gasteiger partial charge in [0.2, 0.25) is 0 Å². The number of hydrogen-bond acceptors (Lipinski definition) is 5. The number of benzene rings is 1. The smallest absolute Gasteiger partial charge is 0.323 e. The van der Waals surface area contributed by atoms with Gasteiger partial charge in [0.15, 0.2) is 5.96 Å². The van der Waals surface area contributed by atoms with Crippen LogP contribution in [0.25, 0.3) is 0 Å². The second-order valence-electron chi connectivity index (χ2n) is 6.53. The molecule has 0 radical (unpaired) electrons. The molecule has 7 nitrogen and oxygen atoms in total. The van der Waals surface area contributed by atoms with Crippen LogP contribution in [-0.2, 0) is 16.0 Å². The van der Waals surface area contributed by atoms with Crippen LogP contribution < -0.4 is 21.5 Å². The Hall–Kier alpha value is -2.28. The maximum atomic E-state index is 12.2. The van der Waals surface area contributed by atoms with Crippen LogP contribution in [-0.4, -0.2) is 36.2 Å². The fourth-order valence-electron chi connectivity index (χ4n) is 2.64. The Morgan fingerprint density at radius 2 is 2.21 bits per heavy atom. The van der Waals surface area contributed by atoms with E-state index in [-0.39, 0.29) is 12.1 Å². The molecule has 0 bridgehead atoms. The zero-order valence-corrected chi connectivity index (χ0v) is 14.2. The molecular formula is C17H26N4O3. The number of guanidine groups is 1. The number of carbonyl (C=O) groups is 1. The second kappa shape index (κ2) is 7.53. The molecule has 6 N–H and O–H groups in total. The number of esters is 1. The van der Waals surface area contributed by atoms with Crippen molar-refractivity contribution in [3.05, 3.63) is 29.8 Å². The van der Waals surface area contributed by atoms with Crippen LogP contribution in [0.1, 0.15) is 32.3 Å². The number of nitrogens with one attached hydrogen (secondary N) is 2. The monoisotopic (exact) mass is 334 g/mol. The first-order valence-corrected chi connectivity index (χ1v) is 8.10. The molecule has 1 aliphatic heterocycles. The van der Waals surface area contributed by atoms with Crippen molar-refractivity contribution in [2.45, 2.75) is 50.9 Å². The molecule has 132 valence electrons. The van der Waals surface area contributed by atoms with Crippen LogP contribution in [0.4, 0.5) is 0 Å². The lowest BCUT2D eigenvalue weighted by Crippen LogP contribution is -2.50. The van der Waals surface area contributed by atoms with E-state index in [1.807, 2.05) is 38.1 Å². The third-order valence-corrected chi connectivity index (χ3v) is 4.09. The minimum atomic E-state index is -0.702. The Balaban J connectivity index is 1.90. The summed E-state index contributed by atoms with van der Waals surface area (Å²) < 4.78 is 11.6. The van der Waals surface area contributed by atoms with Gasteiger partial charge in [-0.2, -0.15) is 0 Å². The summed E-state index contributed by atoms with van der Waals surface area (Å²) >= 11 is 0. The number of hydrogen-bond donors (Lipinski definition) is 4. The van der Waals surface area contributed by atoms with E-state index in [9.17, 15) is 4.79 Å². The van der Waals surface area contributed by atoms with Gasteiger partial charge in [0.05, 0.1) is 0 Å². The van der Waals surface area contributed by atoms with Crippen LogP contribution >= 0.6 is 0 Å². The van der Waals surface area contributed by atoms with Gasteiger partial charge in [-0.25, -0.2) is 0 Å². The van der Waals surface area contributed by atoms with Gasteiger partial charge in [-0.05, 0) is 38.3 Å². The molecule has 2 rings (SSSR count). The minimum absolute atomic E-state index is 0.0917. The summed E-state index contributed by atoms with van der Waals surface area (Å²) in [5.74, 6) is 0.305. The number of para-hydroxylation sites is 1. The number of carbonyl (C=O) groups excluding carboxylic acids is 1. The molecule has 0 aliphatic carbocycles. The summed E-state index contributed by atoms with van der Waals surface area (Å²) in [5.41, 5.74) is 11.5. The highest BCUT2D eigenvalue weighted by Crippen LogP contribution is 2.34. The van der Waals surface area contributed by atoms with E-state index in [1.54, 1.807) is 0 Å². The van der Waals surface area contributed by atoms with E-state index in [2.05, 4.69) is 5.32 Å². The topological polar surface area (TPSA) is 123 Å². The zero-order chi connectivity index (χ0) is 17.7. The normalized spacial score (nSPS) is 19.5. The van der Waals surface area contributed by atoms with Crippen LogP contribution in [0.15, 0.2) is 24.3 Å². The molecule has 24 heavy (non-hydrogen) atoms. The molecule has 1 heterocycles. The van der Waals surface area contributed by atoms with Crippen molar-refractivity contribution < 1.29 is 14.3 Å². The molecule has 0 fully saturated rings. The van der Waals surface area contributed by atoms with Crippen LogP contribution in [0, 0.1) is 5.41 Å². The predicted molar refractivity (Wildman–Crippen MR) is 91.9 cm³/mol. The SMILES string of the molecule is CC1(C)Oc2ccccc2CC1OC(=O)[C@@H](N)CCCNC(=N)N. The molecule has 1 aliphatic rings. The van der Waals surface area contributed by atoms with E-state index >= 15 is 0 Å². The van der Waals surface area contributed by atoms with E-state index in [0.717, 1.165) is 11.3 Å². The average molecular weight is 334 g/mol. The fraction of sp³-hybridized carbons (Fsp3) is 0.529. The second-order valence-corrected chi connectivity index (χ2v) is 6.53. The van der Waals surface area contributed by atoms with E-state index in [1.165, 1.54) is 0 Å². The lowest BCUT2D eigenvalue weighted by Gasteiger charge is -2.39. The van der Waals surface area contributed by atoms with Gasteiger partial charge >= 0.3 is 5.97 Å². The highest BCUT2D eigenvalue weighted by Gasteiger charge is 2.40. The molecule has 0 saturated carbocycles. The molecule has 0 amide bonds. The van der Waals surface area contributed by atoms with Gasteiger partial charge in [-0.1, -0.05) is 18.2 Å². The van der Waals surface area contributed by atoms with Crippen molar-refractivity contribution in [1.29, 1.82) is 5.41 Å². The van der Waals surface area contributed by atoms with Crippen molar-refractivity contribution in [3.63, 3.8) is 0 Å². The maximum absolute atomic E-state index is 12.2. The molecule has 0 saturated heterocycles. The maximum Gasteiger partial charge on any atom is 0.323 e. The van der Waals surface area contributed by atoms with Crippen molar-refractivity contribution in [2.24, 2.45) is 11.5 Å².